The van der Waals surface area contributed by atoms with Gasteiger partial charge in [0.2, 0.25) is 5.91 Å². The predicted molar refractivity (Wildman–Crippen MR) is 91.4 cm³/mol. The van der Waals surface area contributed by atoms with Crippen molar-refractivity contribution in [2.24, 2.45) is 17.8 Å². The van der Waals surface area contributed by atoms with E-state index in [9.17, 15) is 9.59 Å². The summed E-state index contributed by atoms with van der Waals surface area (Å²) < 4.78 is 15.4. The summed E-state index contributed by atoms with van der Waals surface area (Å²) in [6, 6.07) is 4.30. The van der Waals surface area contributed by atoms with Crippen LogP contribution in [0.1, 0.15) is 37.3 Å². The number of hydrogen-bond acceptors (Lipinski definition) is 5. The van der Waals surface area contributed by atoms with Crippen LogP contribution in [-0.4, -0.2) is 33.2 Å². The lowest BCUT2D eigenvalue weighted by Crippen LogP contribution is -2.39. The first kappa shape index (κ1) is 17.6. The molecule has 2 saturated carbocycles. The molecule has 0 unspecified atom stereocenters. The zero-order chi connectivity index (χ0) is 18.0. The highest BCUT2D eigenvalue weighted by Gasteiger charge is 2.44. The van der Waals surface area contributed by atoms with E-state index in [1.165, 1.54) is 20.6 Å². The smallest absolute Gasteiger partial charge is 0.333 e. The molecule has 0 radical (unpaired) electrons. The minimum atomic E-state index is -0.851. The molecule has 1 N–H and O–H groups in total. The molecule has 2 bridgehead atoms. The van der Waals surface area contributed by atoms with E-state index >= 15 is 0 Å². The summed E-state index contributed by atoms with van der Waals surface area (Å²) in [5.74, 6) is 1.64. The highest BCUT2D eigenvalue weighted by Crippen LogP contribution is 2.48. The number of esters is 1. The van der Waals surface area contributed by atoms with Crippen LogP contribution in [0.4, 0.5) is 0 Å². The minimum Gasteiger partial charge on any atom is -0.493 e. The number of ether oxygens (including phenoxy) is 3. The van der Waals surface area contributed by atoms with Crippen molar-refractivity contribution >= 4 is 11.9 Å². The molecule has 4 atom stereocenters. The number of carbonyl (C=O) groups is 2. The molecular weight excluding hydrogens is 322 g/mol. The fourth-order valence-electron chi connectivity index (χ4n) is 4.24. The Balaban J connectivity index is 1.80. The summed E-state index contributed by atoms with van der Waals surface area (Å²) in [5.41, 5.74) is 0.612. The van der Waals surface area contributed by atoms with Gasteiger partial charge in [0.1, 0.15) is 0 Å². The number of rotatable bonds is 6. The molecule has 2 aliphatic carbocycles. The number of carbonyl (C=O) groups excluding carboxylic acids is 2. The van der Waals surface area contributed by atoms with E-state index in [1.54, 1.807) is 25.3 Å². The number of methoxy groups -OCH3 is 3. The normalized spacial score (nSPS) is 25.3. The zero-order valence-corrected chi connectivity index (χ0v) is 14.9. The van der Waals surface area contributed by atoms with Gasteiger partial charge in [-0.3, -0.25) is 4.79 Å². The third-order valence-electron chi connectivity index (χ3n) is 5.54. The zero-order valence-electron chi connectivity index (χ0n) is 14.9. The number of fused-ring (bicyclic) bond motifs is 2. The monoisotopic (exact) mass is 347 g/mol. The van der Waals surface area contributed by atoms with Crippen LogP contribution in [0.3, 0.4) is 0 Å². The second kappa shape index (κ2) is 7.33. The molecule has 6 heteroatoms. The molecule has 0 spiro atoms. The minimum absolute atomic E-state index is 0.00560. The van der Waals surface area contributed by atoms with Crippen LogP contribution in [0.5, 0.6) is 11.5 Å². The summed E-state index contributed by atoms with van der Waals surface area (Å²) in [4.78, 5) is 25.0. The highest BCUT2D eigenvalue weighted by atomic mass is 16.5. The average Bonchev–Trinajstić information content (AvgIpc) is 3.28. The molecule has 136 valence electrons. The van der Waals surface area contributed by atoms with Crippen molar-refractivity contribution in [3.63, 3.8) is 0 Å². The largest absolute Gasteiger partial charge is 0.493 e. The lowest BCUT2D eigenvalue weighted by atomic mass is 9.88. The number of hydrogen-bond donors (Lipinski definition) is 1. The van der Waals surface area contributed by atoms with Gasteiger partial charge in [0.15, 0.2) is 17.5 Å². The molecule has 6 nitrogen and oxygen atoms in total. The Kier molecular flexibility index (Phi) is 5.16. The van der Waals surface area contributed by atoms with Gasteiger partial charge < -0.3 is 19.5 Å². The van der Waals surface area contributed by atoms with Crippen molar-refractivity contribution in [3.8, 4) is 11.5 Å². The quantitative estimate of drug-likeness (QED) is 0.800. The average molecular weight is 347 g/mol. The second-order valence-corrected chi connectivity index (χ2v) is 6.86. The molecule has 2 fully saturated rings. The SMILES string of the molecule is COC(=O)[C@H](NC(=O)[C@H]1C[C@H]2CC[C@H]1C2)c1ccc(OC)c(OC)c1. The van der Waals surface area contributed by atoms with Crippen molar-refractivity contribution in [2.45, 2.75) is 31.7 Å². The van der Waals surface area contributed by atoms with E-state index in [-0.39, 0.29) is 11.8 Å². The van der Waals surface area contributed by atoms with Gasteiger partial charge in [-0.1, -0.05) is 12.5 Å². The van der Waals surface area contributed by atoms with Crippen molar-refractivity contribution in [2.75, 3.05) is 21.3 Å². The van der Waals surface area contributed by atoms with Crippen LogP contribution in [0, 0.1) is 17.8 Å². The van der Waals surface area contributed by atoms with Crippen molar-refractivity contribution in [1.29, 1.82) is 0 Å². The number of amides is 1. The van der Waals surface area contributed by atoms with Crippen molar-refractivity contribution in [1.82, 2.24) is 5.32 Å². The maximum Gasteiger partial charge on any atom is 0.333 e. The first-order chi connectivity index (χ1) is 12.1. The molecule has 1 aromatic carbocycles. The molecule has 0 saturated heterocycles. The summed E-state index contributed by atoms with van der Waals surface area (Å²) in [6.45, 7) is 0. The van der Waals surface area contributed by atoms with E-state index in [2.05, 4.69) is 5.32 Å². The topological polar surface area (TPSA) is 73.9 Å². The molecule has 1 amide bonds. The van der Waals surface area contributed by atoms with Crippen molar-refractivity contribution in [3.05, 3.63) is 23.8 Å². The van der Waals surface area contributed by atoms with Gasteiger partial charge in [0, 0.05) is 5.92 Å². The highest BCUT2D eigenvalue weighted by molar-refractivity contribution is 5.87. The second-order valence-electron chi connectivity index (χ2n) is 6.86. The van der Waals surface area contributed by atoms with Gasteiger partial charge in [0.25, 0.3) is 0 Å². The molecule has 0 aromatic heterocycles. The van der Waals surface area contributed by atoms with Crippen LogP contribution < -0.4 is 14.8 Å². The predicted octanol–water partition coefficient (Wildman–Crippen LogP) is 2.47. The molecule has 25 heavy (non-hydrogen) atoms. The summed E-state index contributed by atoms with van der Waals surface area (Å²) in [6.07, 6.45) is 4.40. The van der Waals surface area contributed by atoms with Crippen molar-refractivity contribution < 1.29 is 23.8 Å². The van der Waals surface area contributed by atoms with Gasteiger partial charge >= 0.3 is 5.97 Å². The molecule has 3 rings (SSSR count). The number of benzene rings is 1. The van der Waals surface area contributed by atoms with E-state index in [0.29, 0.717) is 28.9 Å². The lowest BCUT2D eigenvalue weighted by molar-refractivity contribution is -0.146. The van der Waals surface area contributed by atoms with Crippen LogP contribution in [0.25, 0.3) is 0 Å². The fourth-order valence-corrected chi connectivity index (χ4v) is 4.24. The maximum absolute atomic E-state index is 12.7. The Morgan fingerprint density at radius 2 is 1.84 bits per heavy atom. The van der Waals surface area contributed by atoms with Crippen LogP contribution >= 0.6 is 0 Å². The van der Waals surface area contributed by atoms with E-state index < -0.39 is 12.0 Å². The first-order valence-corrected chi connectivity index (χ1v) is 8.67. The third kappa shape index (κ3) is 3.43. The third-order valence-corrected chi connectivity index (χ3v) is 5.54. The van der Waals surface area contributed by atoms with E-state index in [4.69, 9.17) is 14.2 Å². The summed E-state index contributed by atoms with van der Waals surface area (Å²) in [7, 11) is 4.40. The van der Waals surface area contributed by atoms with E-state index in [0.717, 1.165) is 19.3 Å². The maximum atomic E-state index is 12.7. The molecule has 1 aromatic rings. The Morgan fingerprint density at radius 1 is 1.08 bits per heavy atom. The molecule has 2 aliphatic rings. The van der Waals surface area contributed by atoms with Crippen LogP contribution in [0.2, 0.25) is 0 Å². The molecule has 0 aliphatic heterocycles. The Morgan fingerprint density at radius 3 is 2.40 bits per heavy atom. The van der Waals surface area contributed by atoms with Gasteiger partial charge in [-0.2, -0.15) is 0 Å². The molecular formula is C19H25NO5. The van der Waals surface area contributed by atoms with Gasteiger partial charge in [-0.05, 0) is 48.8 Å². The fraction of sp³-hybridized carbons (Fsp3) is 0.579. The van der Waals surface area contributed by atoms with E-state index in [1.807, 2.05) is 0 Å². The molecule has 0 heterocycles. The Labute approximate surface area is 147 Å². The van der Waals surface area contributed by atoms with Gasteiger partial charge in [0.05, 0.1) is 21.3 Å². The van der Waals surface area contributed by atoms with Crippen LogP contribution in [-0.2, 0) is 14.3 Å². The lowest BCUT2D eigenvalue weighted by Gasteiger charge is -2.24. The number of nitrogens with one attached hydrogen (secondary N) is 1. The summed E-state index contributed by atoms with van der Waals surface area (Å²) in [5, 5.41) is 2.89. The summed E-state index contributed by atoms with van der Waals surface area (Å²) >= 11 is 0. The first-order valence-electron chi connectivity index (χ1n) is 8.67. The standard InChI is InChI=1S/C19H25NO5/c1-23-15-7-6-13(10-16(15)24-2)17(19(22)25-3)20-18(21)14-9-11-4-5-12(14)8-11/h6-7,10-12,14,17H,4-5,8-9H2,1-3H3,(H,20,21)/t11-,12-,14-,17+/m0/s1. The Bertz CT molecular complexity index is 659. The van der Waals surface area contributed by atoms with Gasteiger partial charge in [-0.25, -0.2) is 4.79 Å². The van der Waals surface area contributed by atoms with Crippen LogP contribution in [0.15, 0.2) is 18.2 Å². The van der Waals surface area contributed by atoms with Gasteiger partial charge in [-0.15, -0.1) is 0 Å². The Hall–Kier alpha value is -2.24.